The average molecular weight is 280 g/mol. The molecule has 0 heterocycles. The van der Waals surface area contributed by atoms with Gasteiger partial charge in [-0.3, -0.25) is 4.18 Å². The van der Waals surface area contributed by atoms with E-state index >= 15 is 0 Å². The van der Waals surface area contributed by atoms with Crippen molar-refractivity contribution in [2.45, 2.75) is 39.2 Å². The second kappa shape index (κ2) is 6.23. The summed E-state index contributed by atoms with van der Waals surface area (Å²) in [6, 6.07) is 7.74. The van der Waals surface area contributed by atoms with Gasteiger partial charge in [-0.25, -0.2) is 0 Å². The van der Waals surface area contributed by atoms with Gasteiger partial charge in [0.1, 0.15) is 5.60 Å². The van der Waals surface area contributed by atoms with E-state index in [1.165, 1.54) is 0 Å². The molecule has 0 aliphatic carbocycles. The van der Waals surface area contributed by atoms with Crippen molar-refractivity contribution in [2.24, 2.45) is 0 Å². The summed E-state index contributed by atoms with van der Waals surface area (Å²) in [7, 11) is -3.52. The fourth-order valence-corrected chi connectivity index (χ4v) is 2.61. The zero-order valence-corrected chi connectivity index (χ0v) is 12.7. The van der Waals surface area contributed by atoms with Gasteiger partial charge in [-0.15, -0.1) is 0 Å². The normalized spacial score (nSPS) is 11.8. The van der Waals surface area contributed by atoms with Crippen LogP contribution in [0.4, 0.5) is 0 Å². The minimum Gasteiger partial charge on any atom is -0.251 e. The first-order chi connectivity index (χ1) is 8.82. The topological polar surface area (TPSA) is 43.4 Å². The maximum atomic E-state index is 11.4. The Labute approximate surface area is 116 Å². The molecule has 0 spiro atoms. The molecule has 0 fully saturated rings. The van der Waals surface area contributed by atoms with Crippen LogP contribution in [0.5, 0.6) is 0 Å². The molecule has 0 unspecified atom stereocenters. The number of hydrogen-bond acceptors (Lipinski definition) is 3. The van der Waals surface area contributed by atoms with Crippen LogP contribution < -0.4 is 0 Å². The van der Waals surface area contributed by atoms with Gasteiger partial charge in [-0.05, 0) is 31.4 Å². The molecule has 1 aromatic carbocycles. The van der Waals surface area contributed by atoms with Crippen molar-refractivity contribution in [1.82, 2.24) is 0 Å². The summed E-state index contributed by atoms with van der Waals surface area (Å²) >= 11 is 0. The van der Waals surface area contributed by atoms with Crippen LogP contribution in [0, 0.1) is 18.8 Å². The highest BCUT2D eigenvalue weighted by Crippen LogP contribution is 2.22. The Bertz CT molecular complexity index is 587. The van der Waals surface area contributed by atoms with E-state index in [1.54, 1.807) is 0 Å². The van der Waals surface area contributed by atoms with Gasteiger partial charge in [0.05, 0.1) is 6.26 Å². The lowest BCUT2D eigenvalue weighted by Crippen LogP contribution is -2.31. The van der Waals surface area contributed by atoms with Gasteiger partial charge in [-0.1, -0.05) is 43.9 Å². The fraction of sp³-hybridized carbons (Fsp3) is 0.467. The number of hydrogen-bond donors (Lipinski definition) is 0. The second-order valence-electron chi connectivity index (χ2n) is 4.55. The van der Waals surface area contributed by atoms with E-state index in [1.807, 2.05) is 45.0 Å². The zero-order valence-electron chi connectivity index (χ0n) is 11.9. The molecular weight excluding hydrogens is 260 g/mol. The molecule has 0 N–H and O–H groups in total. The van der Waals surface area contributed by atoms with Crippen LogP contribution in [0.2, 0.25) is 0 Å². The molecule has 0 aliphatic heterocycles. The smallest absolute Gasteiger partial charge is 0.251 e. The van der Waals surface area contributed by atoms with Crippen LogP contribution in [0.15, 0.2) is 24.3 Å². The Morgan fingerprint density at radius 3 is 2.26 bits per heavy atom. The monoisotopic (exact) mass is 280 g/mol. The molecule has 0 amide bonds. The van der Waals surface area contributed by atoms with Gasteiger partial charge >= 0.3 is 0 Å². The highest BCUT2D eigenvalue weighted by molar-refractivity contribution is 7.86. The summed E-state index contributed by atoms with van der Waals surface area (Å²) in [5.41, 5.74) is 1.02. The van der Waals surface area contributed by atoms with Gasteiger partial charge in [0.15, 0.2) is 0 Å². The zero-order chi connectivity index (χ0) is 14.5. The van der Waals surface area contributed by atoms with Crippen molar-refractivity contribution < 1.29 is 12.6 Å². The van der Waals surface area contributed by atoms with Gasteiger partial charge < -0.3 is 0 Å². The second-order valence-corrected chi connectivity index (χ2v) is 6.13. The Kier molecular flexibility index (Phi) is 5.16. The average Bonchev–Trinajstić information content (AvgIpc) is 2.35. The molecule has 19 heavy (non-hydrogen) atoms. The summed E-state index contributed by atoms with van der Waals surface area (Å²) in [4.78, 5) is 0. The summed E-state index contributed by atoms with van der Waals surface area (Å²) in [6.07, 6.45) is 2.10. The largest absolute Gasteiger partial charge is 0.265 e. The molecule has 0 radical (unpaired) electrons. The fourth-order valence-electron chi connectivity index (χ4n) is 1.75. The highest BCUT2D eigenvalue weighted by atomic mass is 32.2. The van der Waals surface area contributed by atoms with Gasteiger partial charge in [0, 0.05) is 5.56 Å². The number of aryl methyl sites for hydroxylation is 1. The molecular formula is C15H20O3S. The van der Waals surface area contributed by atoms with Crippen molar-refractivity contribution in [1.29, 1.82) is 0 Å². The van der Waals surface area contributed by atoms with Crippen molar-refractivity contribution in [3.63, 3.8) is 0 Å². The Morgan fingerprint density at radius 2 is 1.79 bits per heavy atom. The third kappa shape index (κ3) is 4.70. The van der Waals surface area contributed by atoms with Crippen LogP contribution in [0.1, 0.15) is 37.8 Å². The first kappa shape index (κ1) is 15.7. The van der Waals surface area contributed by atoms with E-state index < -0.39 is 15.7 Å². The van der Waals surface area contributed by atoms with E-state index in [9.17, 15) is 8.42 Å². The molecule has 0 aromatic heterocycles. The predicted octanol–water partition coefficient (Wildman–Crippen LogP) is 2.88. The molecule has 104 valence electrons. The Morgan fingerprint density at radius 1 is 1.21 bits per heavy atom. The van der Waals surface area contributed by atoms with Crippen LogP contribution in [0.25, 0.3) is 0 Å². The number of rotatable bonds is 4. The summed E-state index contributed by atoms with van der Waals surface area (Å²) < 4.78 is 27.9. The van der Waals surface area contributed by atoms with Crippen molar-refractivity contribution in [2.75, 3.05) is 6.26 Å². The third-order valence-corrected chi connectivity index (χ3v) is 3.64. The molecule has 3 nitrogen and oxygen atoms in total. The van der Waals surface area contributed by atoms with Crippen molar-refractivity contribution in [3.05, 3.63) is 35.4 Å². The van der Waals surface area contributed by atoms with E-state index in [-0.39, 0.29) is 0 Å². The van der Waals surface area contributed by atoms with E-state index in [4.69, 9.17) is 4.18 Å². The van der Waals surface area contributed by atoms with Crippen LogP contribution >= 0.6 is 0 Å². The first-order valence-electron chi connectivity index (χ1n) is 6.31. The lowest BCUT2D eigenvalue weighted by Gasteiger charge is -2.24. The number of benzene rings is 1. The van der Waals surface area contributed by atoms with Gasteiger partial charge in [0.2, 0.25) is 0 Å². The summed E-state index contributed by atoms with van der Waals surface area (Å²) in [5, 5.41) is 0. The summed E-state index contributed by atoms with van der Waals surface area (Å²) in [5.74, 6) is 6.03. The van der Waals surface area contributed by atoms with Crippen molar-refractivity contribution in [3.8, 4) is 11.8 Å². The molecule has 4 heteroatoms. The summed E-state index contributed by atoms with van der Waals surface area (Å²) in [6.45, 7) is 5.73. The molecule has 0 atom stereocenters. The lowest BCUT2D eigenvalue weighted by molar-refractivity contribution is 0.131. The molecule has 1 rings (SSSR count). The molecule has 0 saturated carbocycles. The first-order valence-corrected chi connectivity index (χ1v) is 8.13. The van der Waals surface area contributed by atoms with Crippen LogP contribution in [-0.4, -0.2) is 20.3 Å². The van der Waals surface area contributed by atoms with E-state index in [2.05, 4.69) is 11.8 Å². The third-order valence-electron chi connectivity index (χ3n) is 3.02. The quantitative estimate of drug-likeness (QED) is 0.629. The Hall–Kier alpha value is -1.31. The molecule has 0 aliphatic rings. The lowest BCUT2D eigenvalue weighted by atomic mass is 9.97. The molecule has 1 aromatic rings. The minimum atomic E-state index is -3.52. The van der Waals surface area contributed by atoms with E-state index in [0.717, 1.165) is 17.4 Å². The Balaban J connectivity index is 3.14. The van der Waals surface area contributed by atoms with Crippen LogP contribution in [0.3, 0.4) is 0 Å². The van der Waals surface area contributed by atoms with Gasteiger partial charge in [0.25, 0.3) is 10.1 Å². The SMILES string of the molecule is CCC(C#Cc1ccccc1C)(CC)OS(C)(=O)=O. The maximum absolute atomic E-state index is 11.4. The van der Waals surface area contributed by atoms with Crippen molar-refractivity contribution >= 4 is 10.1 Å². The molecule has 0 saturated heterocycles. The van der Waals surface area contributed by atoms with Crippen LogP contribution in [-0.2, 0) is 14.3 Å². The highest BCUT2D eigenvalue weighted by Gasteiger charge is 2.29. The standard InChI is InChI=1S/C15H20O3S/c1-5-15(6-2,18-19(4,16)17)12-11-14-10-8-7-9-13(14)3/h7-10H,5-6H2,1-4H3. The maximum Gasteiger partial charge on any atom is 0.265 e. The predicted molar refractivity (Wildman–Crippen MR) is 77.3 cm³/mol. The van der Waals surface area contributed by atoms with Gasteiger partial charge in [-0.2, -0.15) is 8.42 Å². The minimum absolute atomic E-state index is 0.523. The molecule has 0 bridgehead atoms. The van der Waals surface area contributed by atoms with E-state index in [0.29, 0.717) is 12.8 Å².